The van der Waals surface area contributed by atoms with Gasteiger partial charge in [-0.15, -0.1) is 12.6 Å². The van der Waals surface area contributed by atoms with E-state index in [-0.39, 0.29) is 5.63 Å². The molecule has 0 spiro atoms. The molecule has 1 aromatic heterocycles. The SMILES string of the molecule is Cc1c(-c2ccccc2)c2ccc(S)c(C)c2oc1=O. The summed E-state index contributed by atoms with van der Waals surface area (Å²) in [5.41, 5.74) is 3.81. The molecule has 20 heavy (non-hydrogen) atoms. The van der Waals surface area contributed by atoms with Crippen LogP contribution in [0.4, 0.5) is 0 Å². The Balaban J connectivity index is 2.51. The summed E-state index contributed by atoms with van der Waals surface area (Å²) >= 11 is 4.39. The van der Waals surface area contributed by atoms with Gasteiger partial charge >= 0.3 is 5.63 Å². The highest BCUT2D eigenvalue weighted by atomic mass is 32.1. The molecule has 0 aliphatic rings. The number of benzene rings is 2. The van der Waals surface area contributed by atoms with Crippen molar-refractivity contribution in [2.75, 3.05) is 0 Å². The molecule has 0 atom stereocenters. The van der Waals surface area contributed by atoms with Gasteiger partial charge in [-0.25, -0.2) is 4.79 Å². The third-order valence-electron chi connectivity index (χ3n) is 3.59. The number of hydrogen-bond donors (Lipinski definition) is 1. The van der Waals surface area contributed by atoms with Crippen molar-refractivity contribution in [3.8, 4) is 11.1 Å². The van der Waals surface area contributed by atoms with Crippen LogP contribution in [-0.2, 0) is 0 Å². The van der Waals surface area contributed by atoms with Crippen molar-refractivity contribution in [1.82, 2.24) is 0 Å². The molecule has 0 amide bonds. The quantitative estimate of drug-likeness (QED) is 0.531. The molecule has 0 bridgehead atoms. The molecule has 1 heterocycles. The molecular weight excluding hydrogens is 268 g/mol. The highest BCUT2D eigenvalue weighted by Gasteiger charge is 2.15. The van der Waals surface area contributed by atoms with E-state index in [9.17, 15) is 4.79 Å². The van der Waals surface area contributed by atoms with E-state index in [1.807, 2.05) is 49.4 Å². The van der Waals surface area contributed by atoms with Gasteiger partial charge < -0.3 is 4.42 Å². The zero-order chi connectivity index (χ0) is 14.3. The Bertz CT molecular complexity index is 848. The number of aryl methyl sites for hydroxylation is 1. The second-order valence-electron chi connectivity index (χ2n) is 4.84. The second-order valence-corrected chi connectivity index (χ2v) is 5.32. The molecule has 3 heteroatoms. The van der Waals surface area contributed by atoms with E-state index in [4.69, 9.17) is 4.42 Å². The van der Waals surface area contributed by atoms with Crippen LogP contribution in [0.1, 0.15) is 11.1 Å². The van der Waals surface area contributed by atoms with Crippen LogP contribution in [-0.4, -0.2) is 0 Å². The Morgan fingerprint density at radius 2 is 1.65 bits per heavy atom. The van der Waals surface area contributed by atoms with Gasteiger partial charge in [-0.1, -0.05) is 30.3 Å². The highest BCUT2D eigenvalue weighted by molar-refractivity contribution is 7.80. The fraction of sp³-hybridized carbons (Fsp3) is 0.118. The van der Waals surface area contributed by atoms with Crippen LogP contribution in [0.3, 0.4) is 0 Å². The lowest BCUT2D eigenvalue weighted by atomic mass is 9.97. The molecule has 3 aromatic rings. The summed E-state index contributed by atoms with van der Waals surface area (Å²) in [7, 11) is 0. The monoisotopic (exact) mass is 282 g/mol. The highest BCUT2D eigenvalue weighted by Crippen LogP contribution is 2.33. The molecule has 2 nitrogen and oxygen atoms in total. The molecule has 0 aliphatic carbocycles. The van der Waals surface area contributed by atoms with Gasteiger partial charge in [-0.3, -0.25) is 0 Å². The summed E-state index contributed by atoms with van der Waals surface area (Å²) in [5, 5.41) is 0.948. The van der Waals surface area contributed by atoms with Crippen LogP contribution in [0.2, 0.25) is 0 Å². The first-order valence-electron chi connectivity index (χ1n) is 6.41. The molecule has 2 aromatic carbocycles. The minimum absolute atomic E-state index is 0.293. The minimum atomic E-state index is -0.293. The molecule has 0 aliphatic heterocycles. The molecule has 0 radical (unpaired) electrons. The lowest BCUT2D eigenvalue weighted by molar-refractivity contribution is 0.552. The Morgan fingerprint density at radius 3 is 2.35 bits per heavy atom. The summed E-state index contributed by atoms with van der Waals surface area (Å²) in [6.07, 6.45) is 0. The summed E-state index contributed by atoms with van der Waals surface area (Å²) < 4.78 is 5.46. The fourth-order valence-electron chi connectivity index (χ4n) is 2.46. The second kappa shape index (κ2) is 4.84. The van der Waals surface area contributed by atoms with Crippen LogP contribution >= 0.6 is 12.6 Å². The average Bonchev–Trinajstić information content (AvgIpc) is 2.46. The number of thiol groups is 1. The van der Waals surface area contributed by atoms with Gasteiger partial charge in [0.15, 0.2) is 0 Å². The maximum atomic E-state index is 12.1. The number of hydrogen-bond acceptors (Lipinski definition) is 3. The Kier molecular flexibility index (Phi) is 3.14. The van der Waals surface area contributed by atoms with Gasteiger partial charge in [0.1, 0.15) is 5.58 Å². The van der Waals surface area contributed by atoms with E-state index in [1.54, 1.807) is 6.92 Å². The smallest absolute Gasteiger partial charge is 0.339 e. The van der Waals surface area contributed by atoms with E-state index < -0.39 is 0 Å². The number of rotatable bonds is 1. The van der Waals surface area contributed by atoms with Gasteiger partial charge in [-0.2, -0.15) is 0 Å². The van der Waals surface area contributed by atoms with E-state index in [1.165, 1.54) is 0 Å². The van der Waals surface area contributed by atoms with Gasteiger partial charge in [0.05, 0.1) is 0 Å². The normalized spacial score (nSPS) is 10.9. The maximum absolute atomic E-state index is 12.1. The first-order valence-corrected chi connectivity index (χ1v) is 6.85. The predicted molar refractivity (Wildman–Crippen MR) is 84.6 cm³/mol. The third kappa shape index (κ3) is 1.95. The van der Waals surface area contributed by atoms with Crippen molar-refractivity contribution in [3.63, 3.8) is 0 Å². The molecule has 0 fully saturated rings. The van der Waals surface area contributed by atoms with E-state index >= 15 is 0 Å². The maximum Gasteiger partial charge on any atom is 0.339 e. The van der Waals surface area contributed by atoms with Crippen LogP contribution in [0.15, 0.2) is 56.6 Å². The van der Waals surface area contributed by atoms with Gasteiger partial charge in [-0.05, 0) is 31.5 Å². The Hall–Kier alpha value is -2.00. The zero-order valence-electron chi connectivity index (χ0n) is 11.3. The van der Waals surface area contributed by atoms with Gasteiger partial charge in [0.25, 0.3) is 0 Å². The standard InChI is InChI=1S/C17H14O2S/c1-10-14(20)9-8-13-15(12-6-4-3-5-7-12)11(2)17(18)19-16(10)13/h3-9,20H,1-2H3. The van der Waals surface area contributed by atoms with Crippen molar-refractivity contribution in [1.29, 1.82) is 0 Å². The lowest BCUT2D eigenvalue weighted by Gasteiger charge is -2.11. The molecule has 100 valence electrons. The van der Waals surface area contributed by atoms with Crippen LogP contribution in [0.25, 0.3) is 22.1 Å². The van der Waals surface area contributed by atoms with Crippen molar-refractivity contribution < 1.29 is 4.42 Å². The zero-order valence-corrected chi connectivity index (χ0v) is 12.2. The van der Waals surface area contributed by atoms with Crippen molar-refractivity contribution in [2.24, 2.45) is 0 Å². The molecule has 3 rings (SSSR count). The molecule has 0 saturated heterocycles. The Morgan fingerprint density at radius 1 is 0.950 bits per heavy atom. The lowest BCUT2D eigenvalue weighted by Crippen LogP contribution is -2.06. The molecular formula is C17H14O2S. The third-order valence-corrected chi connectivity index (χ3v) is 4.07. The number of fused-ring (bicyclic) bond motifs is 1. The summed E-state index contributed by atoms with van der Waals surface area (Å²) in [4.78, 5) is 12.9. The van der Waals surface area contributed by atoms with E-state index in [0.717, 1.165) is 27.0 Å². The first-order chi connectivity index (χ1) is 9.59. The summed E-state index contributed by atoms with van der Waals surface area (Å²) in [6.45, 7) is 3.72. The summed E-state index contributed by atoms with van der Waals surface area (Å²) in [6, 6.07) is 13.8. The van der Waals surface area contributed by atoms with Crippen molar-refractivity contribution >= 4 is 23.6 Å². The van der Waals surface area contributed by atoms with Gasteiger partial charge in [0.2, 0.25) is 0 Å². The molecule has 0 unspecified atom stereocenters. The summed E-state index contributed by atoms with van der Waals surface area (Å²) in [5.74, 6) is 0. The van der Waals surface area contributed by atoms with Crippen LogP contribution in [0, 0.1) is 13.8 Å². The average molecular weight is 282 g/mol. The Labute approximate surface area is 122 Å². The first kappa shape index (κ1) is 13.0. The van der Waals surface area contributed by atoms with E-state index in [0.29, 0.717) is 11.1 Å². The van der Waals surface area contributed by atoms with Crippen LogP contribution < -0.4 is 5.63 Å². The van der Waals surface area contributed by atoms with Crippen LogP contribution in [0.5, 0.6) is 0 Å². The fourth-order valence-corrected chi connectivity index (χ4v) is 2.64. The van der Waals surface area contributed by atoms with Crippen molar-refractivity contribution in [3.05, 3.63) is 64.0 Å². The van der Waals surface area contributed by atoms with Gasteiger partial charge in [0, 0.05) is 27.0 Å². The molecule has 0 N–H and O–H groups in total. The minimum Gasteiger partial charge on any atom is -0.422 e. The predicted octanol–water partition coefficient (Wildman–Crippen LogP) is 4.37. The molecule has 0 saturated carbocycles. The topological polar surface area (TPSA) is 30.2 Å². The van der Waals surface area contributed by atoms with E-state index in [2.05, 4.69) is 12.6 Å². The van der Waals surface area contributed by atoms with Crippen molar-refractivity contribution in [2.45, 2.75) is 18.7 Å². The largest absolute Gasteiger partial charge is 0.422 e.